The number of rotatable bonds is 4. The van der Waals surface area contributed by atoms with E-state index in [1.165, 1.54) is 0 Å². The summed E-state index contributed by atoms with van der Waals surface area (Å²) in [6.45, 7) is 0.410. The van der Waals surface area contributed by atoms with E-state index >= 15 is 0 Å². The van der Waals surface area contributed by atoms with Gasteiger partial charge in [0.25, 0.3) is 0 Å². The summed E-state index contributed by atoms with van der Waals surface area (Å²) in [5.41, 5.74) is 6.44. The largest absolute Gasteiger partial charge is 0.349 e. The van der Waals surface area contributed by atoms with E-state index in [4.69, 9.17) is 12.2 Å². The second-order valence-corrected chi connectivity index (χ2v) is 3.18. The fourth-order valence-electron chi connectivity index (χ4n) is 1.10. The molecule has 1 aromatic heterocycles. The van der Waals surface area contributed by atoms with Gasteiger partial charge in [-0.3, -0.25) is 9.48 Å². The molecule has 5 nitrogen and oxygen atoms in total. The Labute approximate surface area is 88.6 Å². The van der Waals surface area contributed by atoms with Gasteiger partial charge in [0.2, 0.25) is 5.91 Å². The SMILES string of the molecule is C#CCC(N)C(=O)NCc1ccnn1C. The third-order valence-electron chi connectivity index (χ3n) is 2.04. The van der Waals surface area contributed by atoms with Crippen LogP contribution in [0.5, 0.6) is 0 Å². The Balaban J connectivity index is 2.41. The maximum atomic E-state index is 11.4. The van der Waals surface area contributed by atoms with Crippen molar-refractivity contribution in [3.05, 3.63) is 18.0 Å². The van der Waals surface area contributed by atoms with Gasteiger partial charge in [0.05, 0.1) is 18.3 Å². The lowest BCUT2D eigenvalue weighted by Gasteiger charge is -2.09. The van der Waals surface area contributed by atoms with E-state index in [2.05, 4.69) is 16.3 Å². The van der Waals surface area contributed by atoms with Crippen LogP contribution >= 0.6 is 0 Å². The first-order chi connectivity index (χ1) is 7.15. The van der Waals surface area contributed by atoms with E-state index in [0.717, 1.165) is 5.69 Å². The van der Waals surface area contributed by atoms with Gasteiger partial charge < -0.3 is 11.1 Å². The van der Waals surface area contributed by atoms with Gasteiger partial charge in [-0.05, 0) is 6.07 Å². The Hall–Kier alpha value is -1.80. The van der Waals surface area contributed by atoms with E-state index in [0.29, 0.717) is 6.54 Å². The zero-order chi connectivity index (χ0) is 11.3. The van der Waals surface area contributed by atoms with Crippen LogP contribution in [0.25, 0.3) is 0 Å². The molecular weight excluding hydrogens is 192 g/mol. The molecule has 0 aliphatic carbocycles. The maximum Gasteiger partial charge on any atom is 0.238 e. The Morgan fingerprint density at radius 1 is 1.87 bits per heavy atom. The molecule has 15 heavy (non-hydrogen) atoms. The molecule has 1 heterocycles. The highest BCUT2D eigenvalue weighted by atomic mass is 16.2. The number of terminal acetylenes is 1. The van der Waals surface area contributed by atoms with E-state index in [1.807, 2.05) is 13.1 Å². The lowest BCUT2D eigenvalue weighted by Crippen LogP contribution is -2.40. The molecule has 0 aromatic carbocycles. The highest BCUT2D eigenvalue weighted by molar-refractivity contribution is 5.81. The summed E-state index contributed by atoms with van der Waals surface area (Å²) in [7, 11) is 1.81. The van der Waals surface area contributed by atoms with E-state index < -0.39 is 6.04 Å². The number of nitrogens with two attached hydrogens (primary N) is 1. The van der Waals surface area contributed by atoms with Crippen molar-refractivity contribution in [1.29, 1.82) is 0 Å². The number of amides is 1. The fraction of sp³-hybridized carbons (Fsp3) is 0.400. The van der Waals surface area contributed by atoms with Crippen LogP contribution in [0, 0.1) is 12.3 Å². The minimum Gasteiger partial charge on any atom is -0.349 e. The highest BCUT2D eigenvalue weighted by Gasteiger charge is 2.11. The van der Waals surface area contributed by atoms with Crippen LogP contribution in [0.4, 0.5) is 0 Å². The Morgan fingerprint density at radius 3 is 3.13 bits per heavy atom. The third kappa shape index (κ3) is 3.11. The molecule has 0 saturated carbocycles. The molecule has 0 aliphatic heterocycles. The van der Waals surface area contributed by atoms with Crippen molar-refractivity contribution >= 4 is 5.91 Å². The zero-order valence-electron chi connectivity index (χ0n) is 8.60. The molecule has 0 spiro atoms. The lowest BCUT2D eigenvalue weighted by atomic mass is 10.2. The maximum absolute atomic E-state index is 11.4. The molecule has 80 valence electrons. The second kappa shape index (κ2) is 5.17. The molecule has 1 aromatic rings. The molecular formula is C10H14N4O. The average molecular weight is 206 g/mol. The minimum absolute atomic E-state index is 0.242. The van der Waals surface area contributed by atoms with E-state index in [9.17, 15) is 4.79 Å². The van der Waals surface area contributed by atoms with Crippen molar-refractivity contribution in [2.45, 2.75) is 19.0 Å². The van der Waals surface area contributed by atoms with Gasteiger partial charge in [0.15, 0.2) is 0 Å². The van der Waals surface area contributed by atoms with Crippen LogP contribution in [0.15, 0.2) is 12.3 Å². The predicted molar refractivity (Wildman–Crippen MR) is 56.5 cm³/mol. The van der Waals surface area contributed by atoms with Gasteiger partial charge in [-0.2, -0.15) is 5.10 Å². The predicted octanol–water partition coefficient (Wildman–Crippen LogP) is -0.613. The smallest absolute Gasteiger partial charge is 0.238 e. The number of carbonyl (C=O) groups is 1. The molecule has 0 saturated heterocycles. The number of hydrogen-bond acceptors (Lipinski definition) is 3. The number of hydrogen-bond donors (Lipinski definition) is 2. The number of carbonyl (C=O) groups excluding carboxylic acids is 1. The van der Waals surface area contributed by atoms with Crippen LogP contribution in [-0.4, -0.2) is 21.7 Å². The molecule has 0 aliphatic rings. The van der Waals surface area contributed by atoms with Gasteiger partial charge in [-0.25, -0.2) is 0 Å². The third-order valence-corrected chi connectivity index (χ3v) is 2.04. The van der Waals surface area contributed by atoms with Crippen LogP contribution in [0.1, 0.15) is 12.1 Å². The van der Waals surface area contributed by atoms with Gasteiger partial charge in [-0.1, -0.05) is 0 Å². The van der Waals surface area contributed by atoms with Crippen LogP contribution < -0.4 is 11.1 Å². The van der Waals surface area contributed by atoms with Crippen molar-refractivity contribution in [3.63, 3.8) is 0 Å². The Morgan fingerprint density at radius 2 is 2.60 bits per heavy atom. The molecule has 1 atom stereocenters. The van der Waals surface area contributed by atoms with Gasteiger partial charge >= 0.3 is 0 Å². The molecule has 0 fully saturated rings. The number of nitrogens with zero attached hydrogens (tertiary/aromatic N) is 2. The number of aromatic nitrogens is 2. The van der Waals surface area contributed by atoms with Crippen LogP contribution in [0.3, 0.4) is 0 Å². The Kier molecular flexibility index (Phi) is 3.89. The first kappa shape index (κ1) is 11.3. The van der Waals surface area contributed by atoms with Crippen molar-refractivity contribution < 1.29 is 4.79 Å². The molecule has 1 rings (SSSR count). The minimum atomic E-state index is -0.636. The molecule has 3 N–H and O–H groups in total. The summed E-state index contributed by atoms with van der Waals surface area (Å²) in [6.07, 6.45) is 6.97. The summed E-state index contributed by atoms with van der Waals surface area (Å²) in [5.74, 6) is 2.11. The zero-order valence-corrected chi connectivity index (χ0v) is 8.60. The molecule has 0 radical (unpaired) electrons. The van der Waals surface area contributed by atoms with Crippen molar-refractivity contribution in [1.82, 2.24) is 15.1 Å². The monoisotopic (exact) mass is 206 g/mol. The fourth-order valence-corrected chi connectivity index (χ4v) is 1.10. The normalized spacial score (nSPS) is 11.8. The van der Waals surface area contributed by atoms with Gasteiger partial charge in [-0.15, -0.1) is 12.3 Å². The molecule has 0 bridgehead atoms. The number of aryl methyl sites for hydroxylation is 1. The molecule has 1 amide bonds. The Bertz CT molecular complexity index is 377. The van der Waals surface area contributed by atoms with Gasteiger partial charge in [0.1, 0.15) is 0 Å². The summed E-state index contributed by atoms with van der Waals surface area (Å²) in [5, 5.41) is 6.67. The summed E-state index contributed by atoms with van der Waals surface area (Å²) < 4.78 is 1.69. The summed E-state index contributed by atoms with van der Waals surface area (Å²) >= 11 is 0. The summed E-state index contributed by atoms with van der Waals surface area (Å²) in [4.78, 5) is 11.4. The van der Waals surface area contributed by atoms with Crippen molar-refractivity contribution in [2.75, 3.05) is 0 Å². The van der Waals surface area contributed by atoms with Crippen molar-refractivity contribution in [3.8, 4) is 12.3 Å². The highest BCUT2D eigenvalue weighted by Crippen LogP contribution is 1.95. The van der Waals surface area contributed by atoms with Gasteiger partial charge in [0, 0.05) is 19.7 Å². The second-order valence-electron chi connectivity index (χ2n) is 3.18. The van der Waals surface area contributed by atoms with Crippen LogP contribution in [-0.2, 0) is 18.4 Å². The molecule has 5 heteroatoms. The van der Waals surface area contributed by atoms with E-state index in [-0.39, 0.29) is 12.3 Å². The van der Waals surface area contributed by atoms with E-state index in [1.54, 1.807) is 10.9 Å². The van der Waals surface area contributed by atoms with Crippen LogP contribution in [0.2, 0.25) is 0 Å². The lowest BCUT2D eigenvalue weighted by molar-refractivity contribution is -0.122. The first-order valence-corrected chi connectivity index (χ1v) is 4.58. The number of nitrogens with one attached hydrogen (secondary N) is 1. The van der Waals surface area contributed by atoms with Crippen molar-refractivity contribution in [2.24, 2.45) is 12.8 Å². The molecule has 1 unspecified atom stereocenters. The standard InChI is InChI=1S/C10H14N4O/c1-3-4-9(11)10(15)12-7-8-5-6-13-14(8)2/h1,5-6,9H,4,7,11H2,2H3,(H,12,15). The quantitative estimate of drug-likeness (QED) is 0.645. The average Bonchev–Trinajstić information content (AvgIpc) is 2.61. The topological polar surface area (TPSA) is 72.9 Å². The first-order valence-electron chi connectivity index (χ1n) is 4.58. The summed E-state index contributed by atoms with van der Waals surface area (Å²) in [6, 6.07) is 1.19.